The quantitative estimate of drug-likeness (QED) is 0.153. The molecule has 0 radical (unpaired) electrons. The van der Waals surface area contributed by atoms with Crippen LogP contribution in [0, 0.1) is 0 Å². The van der Waals surface area contributed by atoms with Crippen LogP contribution in [0.25, 0.3) is 104 Å². The van der Waals surface area contributed by atoms with E-state index >= 15 is 0 Å². The zero-order valence-electron chi connectivity index (χ0n) is 35.4. The standard InChI is InChI=1S/C63H43N/c1-3-13-43(14-4-1)50-33-29-44-27-28-45(37-58(44)55-21-11-7-17-51(50)55)41-23-25-42(26-24-41)46-31-35-62-60(39-46)61-40-48(32-36-63(61)64(62)49-15-5-2-6-16-49)47-30-34-57-54-20-9-8-18-52(54)53-19-10-12-22-56(53)59(57)38-47/h1-28,30-32,34-40,50H,29,33H2. The first-order valence-corrected chi connectivity index (χ1v) is 22.6. The fourth-order valence-corrected chi connectivity index (χ4v) is 10.9. The van der Waals surface area contributed by atoms with E-state index < -0.39 is 0 Å². The van der Waals surface area contributed by atoms with Gasteiger partial charge in [-0.25, -0.2) is 0 Å². The molecule has 0 fully saturated rings. The van der Waals surface area contributed by atoms with Crippen molar-refractivity contribution < 1.29 is 0 Å². The average molecular weight is 814 g/mol. The van der Waals surface area contributed by atoms with Crippen LogP contribution in [0.3, 0.4) is 0 Å². The number of aryl methyl sites for hydroxylation is 1. The first-order valence-electron chi connectivity index (χ1n) is 22.6. The van der Waals surface area contributed by atoms with Crippen molar-refractivity contribution in [2.24, 2.45) is 0 Å². The van der Waals surface area contributed by atoms with Crippen molar-refractivity contribution in [3.8, 4) is 50.2 Å². The van der Waals surface area contributed by atoms with Crippen LogP contribution in [0.1, 0.15) is 29.0 Å². The Morgan fingerprint density at radius 1 is 0.312 bits per heavy atom. The maximum atomic E-state index is 2.43. The lowest BCUT2D eigenvalue weighted by Crippen LogP contribution is -2.01. The van der Waals surface area contributed by atoms with Crippen molar-refractivity contribution in [1.29, 1.82) is 0 Å². The fraction of sp³-hybridized carbons (Fsp3) is 0.0476. The lowest BCUT2D eigenvalue weighted by atomic mass is 9.86. The van der Waals surface area contributed by atoms with E-state index in [9.17, 15) is 0 Å². The highest BCUT2D eigenvalue weighted by Gasteiger charge is 2.24. The molecule has 300 valence electrons. The molecule has 1 atom stereocenters. The van der Waals surface area contributed by atoms with E-state index in [0.29, 0.717) is 5.92 Å². The van der Waals surface area contributed by atoms with Crippen LogP contribution in [0.15, 0.2) is 231 Å². The van der Waals surface area contributed by atoms with Gasteiger partial charge in [-0.3, -0.25) is 0 Å². The van der Waals surface area contributed by atoms with Gasteiger partial charge in [-0.2, -0.15) is 0 Å². The minimum Gasteiger partial charge on any atom is -0.309 e. The minimum absolute atomic E-state index is 0.388. The van der Waals surface area contributed by atoms with Crippen LogP contribution in [-0.2, 0) is 6.42 Å². The van der Waals surface area contributed by atoms with Crippen LogP contribution in [0.5, 0.6) is 0 Å². The SMILES string of the molecule is c1ccc(C2CCc3ccc(-c4ccc(-c5ccc6c(c5)c5cc(-c7ccc8c9ccccc9c9ccccc9c8c7)ccc5n6-c5ccccc5)cc4)cc3-c3ccccc32)cc1. The van der Waals surface area contributed by atoms with Crippen molar-refractivity contribution >= 4 is 54.1 Å². The summed E-state index contributed by atoms with van der Waals surface area (Å²) in [5.74, 6) is 0.388. The predicted octanol–water partition coefficient (Wildman–Crippen LogP) is 17.0. The largest absolute Gasteiger partial charge is 0.309 e. The second-order valence-corrected chi connectivity index (χ2v) is 17.5. The molecule has 1 heteroatoms. The Morgan fingerprint density at radius 3 is 1.41 bits per heavy atom. The van der Waals surface area contributed by atoms with Crippen LogP contribution in [0.2, 0.25) is 0 Å². The van der Waals surface area contributed by atoms with E-state index in [1.807, 2.05) is 0 Å². The Labute approximate surface area is 373 Å². The third-order valence-electron chi connectivity index (χ3n) is 14.0. The summed E-state index contributed by atoms with van der Waals surface area (Å²) in [4.78, 5) is 0. The molecule has 0 N–H and O–H groups in total. The normalized spacial score (nSPS) is 13.7. The molecule has 1 aliphatic carbocycles. The van der Waals surface area contributed by atoms with Crippen molar-refractivity contribution in [1.82, 2.24) is 4.57 Å². The zero-order chi connectivity index (χ0) is 42.1. The number of benzene rings is 11. The molecule has 0 spiro atoms. The van der Waals surface area contributed by atoms with Gasteiger partial charge < -0.3 is 4.57 Å². The predicted molar refractivity (Wildman–Crippen MR) is 272 cm³/mol. The molecular formula is C63H43N. The summed E-state index contributed by atoms with van der Waals surface area (Å²) >= 11 is 0. The highest BCUT2D eigenvalue weighted by Crippen LogP contribution is 2.44. The maximum absolute atomic E-state index is 2.43. The number of nitrogens with zero attached hydrogens (tertiary/aromatic N) is 1. The van der Waals surface area contributed by atoms with Gasteiger partial charge >= 0.3 is 0 Å². The van der Waals surface area contributed by atoms with Gasteiger partial charge in [-0.15, -0.1) is 0 Å². The van der Waals surface area contributed by atoms with E-state index in [-0.39, 0.29) is 0 Å². The van der Waals surface area contributed by atoms with Gasteiger partial charge in [0.05, 0.1) is 11.0 Å². The Morgan fingerprint density at radius 2 is 0.766 bits per heavy atom. The number of fused-ring (bicyclic) bond motifs is 12. The summed E-state index contributed by atoms with van der Waals surface area (Å²) in [6.07, 6.45) is 2.17. The van der Waals surface area contributed by atoms with Crippen LogP contribution in [0.4, 0.5) is 0 Å². The van der Waals surface area contributed by atoms with Crippen molar-refractivity contribution in [3.05, 3.63) is 247 Å². The summed E-state index contributed by atoms with van der Waals surface area (Å²) < 4.78 is 2.42. The Hall–Kier alpha value is -8.00. The molecule has 1 unspecified atom stereocenters. The van der Waals surface area contributed by atoms with E-state index in [1.165, 1.54) is 115 Å². The molecular weight excluding hydrogens is 771 g/mol. The summed E-state index contributed by atoms with van der Waals surface area (Å²) in [6, 6.07) is 85.9. The highest BCUT2D eigenvalue weighted by molar-refractivity contribution is 6.26. The summed E-state index contributed by atoms with van der Waals surface area (Å²) in [5, 5.41) is 10.3. The molecule has 0 bridgehead atoms. The monoisotopic (exact) mass is 813 g/mol. The number of hydrogen-bond donors (Lipinski definition) is 0. The Bertz CT molecular complexity index is 3730. The summed E-state index contributed by atoms with van der Waals surface area (Å²) in [6.45, 7) is 0. The van der Waals surface area contributed by atoms with Crippen LogP contribution in [-0.4, -0.2) is 4.57 Å². The Kier molecular flexibility index (Phi) is 8.49. The molecule has 1 aliphatic rings. The smallest absolute Gasteiger partial charge is 0.0541 e. The number of para-hydroxylation sites is 1. The second-order valence-electron chi connectivity index (χ2n) is 17.5. The lowest BCUT2D eigenvalue weighted by molar-refractivity contribution is 0.726. The van der Waals surface area contributed by atoms with Crippen LogP contribution < -0.4 is 0 Å². The highest BCUT2D eigenvalue weighted by atomic mass is 15.0. The number of aromatic nitrogens is 1. The maximum Gasteiger partial charge on any atom is 0.0541 e. The van der Waals surface area contributed by atoms with E-state index in [0.717, 1.165) is 18.5 Å². The van der Waals surface area contributed by atoms with Gasteiger partial charge in [-0.1, -0.05) is 182 Å². The van der Waals surface area contributed by atoms with Gasteiger partial charge in [0.2, 0.25) is 0 Å². The van der Waals surface area contributed by atoms with Gasteiger partial charge in [-0.05, 0) is 155 Å². The summed E-state index contributed by atoms with van der Waals surface area (Å²) in [7, 11) is 0. The zero-order valence-corrected chi connectivity index (χ0v) is 35.4. The molecule has 0 amide bonds. The first-order chi connectivity index (χ1) is 31.7. The van der Waals surface area contributed by atoms with Gasteiger partial charge in [0.1, 0.15) is 0 Å². The van der Waals surface area contributed by atoms with Crippen molar-refractivity contribution in [2.75, 3.05) is 0 Å². The summed E-state index contributed by atoms with van der Waals surface area (Å²) in [5.41, 5.74) is 17.9. The Balaban J connectivity index is 0.900. The molecule has 1 aromatic heterocycles. The third-order valence-corrected chi connectivity index (χ3v) is 14.0. The number of rotatable bonds is 5. The fourth-order valence-electron chi connectivity index (χ4n) is 10.9. The third kappa shape index (κ3) is 5.93. The molecule has 12 aromatic rings. The molecule has 13 rings (SSSR count). The van der Waals surface area contributed by atoms with Gasteiger partial charge in [0, 0.05) is 22.4 Å². The minimum atomic E-state index is 0.388. The van der Waals surface area contributed by atoms with E-state index in [4.69, 9.17) is 0 Å². The first kappa shape index (κ1) is 36.6. The van der Waals surface area contributed by atoms with Gasteiger partial charge in [0.15, 0.2) is 0 Å². The second kappa shape index (κ2) is 14.8. The van der Waals surface area contributed by atoms with Crippen LogP contribution >= 0.6 is 0 Å². The average Bonchev–Trinajstić information content (AvgIpc) is 3.60. The van der Waals surface area contributed by atoms with E-state index in [2.05, 4.69) is 235 Å². The van der Waals surface area contributed by atoms with Gasteiger partial charge in [0.25, 0.3) is 0 Å². The molecule has 11 aromatic carbocycles. The van der Waals surface area contributed by atoms with Crippen molar-refractivity contribution in [3.63, 3.8) is 0 Å². The van der Waals surface area contributed by atoms with Crippen molar-refractivity contribution in [2.45, 2.75) is 18.8 Å². The lowest BCUT2D eigenvalue weighted by Gasteiger charge is -2.18. The number of hydrogen-bond acceptors (Lipinski definition) is 0. The molecule has 1 nitrogen and oxygen atoms in total. The molecule has 0 aliphatic heterocycles. The molecule has 64 heavy (non-hydrogen) atoms. The molecule has 1 heterocycles. The van der Waals surface area contributed by atoms with E-state index in [1.54, 1.807) is 0 Å². The molecule has 0 saturated heterocycles. The molecule has 0 saturated carbocycles. The topological polar surface area (TPSA) is 4.93 Å².